The molecule has 57 heavy (non-hydrogen) atoms. The Labute approximate surface area is 324 Å². The number of anilines is 1. The third-order valence-electron chi connectivity index (χ3n) is 8.82. The monoisotopic (exact) mass is 836 g/mol. The molecule has 300 valence electrons. The van der Waals surface area contributed by atoms with Gasteiger partial charge < -0.3 is 15.2 Å². The quantitative estimate of drug-likeness (QED) is 0.0948. The third kappa shape index (κ3) is 9.09. The van der Waals surface area contributed by atoms with Crippen molar-refractivity contribution in [2.24, 2.45) is 0 Å². The van der Waals surface area contributed by atoms with Crippen LogP contribution in [-0.2, 0) is 35.3 Å². The van der Waals surface area contributed by atoms with Crippen LogP contribution < -0.4 is 20.3 Å². The predicted molar refractivity (Wildman–Crippen MR) is 199 cm³/mol. The number of sulfonamides is 1. The highest BCUT2D eigenvalue weighted by atomic mass is 35.5. The van der Waals surface area contributed by atoms with Crippen LogP contribution in [0.3, 0.4) is 0 Å². The number of amides is 1. The first-order valence-electron chi connectivity index (χ1n) is 16.8. The van der Waals surface area contributed by atoms with Crippen molar-refractivity contribution in [3.05, 3.63) is 122 Å². The zero-order chi connectivity index (χ0) is 41.4. The van der Waals surface area contributed by atoms with Gasteiger partial charge in [-0.05, 0) is 66.1 Å². The van der Waals surface area contributed by atoms with Crippen molar-refractivity contribution in [3.8, 4) is 11.4 Å². The predicted octanol–water partition coefficient (Wildman–Crippen LogP) is 7.59. The summed E-state index contributed by atoms with van der Waals surface area (Å²) in [6.45, 7) is -0.556. The van der Waals surface area contributed by atoms with Crippen LogP contribution in [0.15, 0.2) is 77.6 Å². The van der Waals surface area contributed by atoms with Gasteiger partial charge in [0.25, 0.3) is 17.9 Å². The Morgan fingerprint density at radius 2 is 1.68 bits per heavy atom. The lowest BCUT2D eigenvalue weighted by molar-refractivity contribution is 0.0176. The average Bonchev–Trinajstić information content (AvgIpc) is 3.46. The van der Waals surface area contributed by atoms with Crippen molar-refractivity contribution in [2.45, 2.75) is 44.7 Å². The lowest BCUT2D eigenvalue weighted by Crippen LogP contribution is -2.35. The van der Waals surface area contributed by atoms with Crippen LogP contribution in [0.25, 0.3) is 27.5 Å². The van der Waals surface area contributed by atoms with Crippen molar-refractivity contribution < 1.29 is 49.4 Å². The van der Waals surface area contributed by atoms with Crippen LogP contribution in [0.4, 0.5) is 37.0 Å². The first-order chi connectivity index (χ1) is 26.8. The van der Waals surface area contributed by atoms with E-state index in [9.17, 15) is 49.5 Å². The van der Waals surface area contributed by atoms with E-state index in [1.165, 1.54) is 19.2 Å². The Balaban J connectivity index is 1.58. The number of hydrogen-bond acceptors (Lipinski definition) is 7. The van der Waals surface area contributed by atoms with E-state index in [0.29, 0.717) is 29.0 Å². The number of halogens is 7. The van der Waals surface area contributed by atoms with Gasteiger partial charge in [0.15, 0.2) is 5.82 Å². The molecule has 1 atom stereocenters. The zero-order valence-electron chi connectivity index (χ0n) is 29.7. The van der Waals surface area contributed by atoms with Gasteiger partial charge in [0, 0.05) is 25.0 Å². The Hall–Kier alpha value is -5.82. The number of methoxy groups -OCH3 is 1. The van der Waals surface area contributed by atoms with E-state index in [1.54, 1.807) is 24.3 Å². The number of aromatic nitrogens is 4. The number of ether oxygens (including phenoxy) is 1. The van der Waals surface area contributed by atoms with E-state index in [4.69, 9.17) is 16.3 Å². The molecule has 0 aliphatic rings. The minimum absolute atomic E-state index is 0.0222. The number of nitrogens with one attached hydrogen (secondary N) is 2. The Bertz CT molecular complexity index is 2650. The lowest BCUT2D eigenvalue weighted by atomic mass is 10.0. The molecule has 4 aromatic carbocycles. The molecule has 12 nitrogen and oxygen atoms in total. The molecule has 0 saturated heterocycles. The molecular weight excluding hydrogens is 806 g/mol. The summed E-state index contributed by atoms with van der Waals surface area (Å²) in [4.78, 5) is 31.1. The molecule has 0 bridgehead atoms. The highest BCUT2D eigenvalue weighted by Gasteiger charge is 2.30. The van der Waals surface area contributed by atoms with E-state index in [2.05, 4.69) is 20.1 Å². The van der Waals surface area contributed by atoms with Gasteiger partial charge in [-0.1, -0.05) is 29.8 Å². The highest BCUT2D eigenvalue weighted by molar-refractivity contribution is 7.92. The molecular formula is C37H31ClF6N6O6S. The number of alkyl halides is 4. The molecule has 0 aliphatic carbocycles. The zero-order valence-corrected chi connectivity index (χ0v) is 31.3. The standard InChI is InChI=1S/C37H31ClF6N6O6S/c1-37(43,44)21-5-8-25-27(16-21)45-34(28(46-36(52)53)15-20-13-22(39)17-23(40)14-20)50(35(25)51)29-10-9-26(38)31-32(29)49(18-30(41)42)47-33(31)48-57(54,55)12-11-19-3-6-24(56-2)7-4-19/h3-10,13-14,16-17,28,30,46H,11-12,15,18H2,1-2H3,(H,47,48)(H,52,53)/t28-/m0/s1. The topological polar surface area (TPSA) is 157 Å². The molecule has 6 rings (SSSR count). The van der Waals surface area contributed by atoms with Gasteiger partial charge in [-0.2, -0.15) is 5.10 Å². The first kappa shape index (κ1) is 40.8. The minimum Gasteiger partial charge on any atom is -0.497 e. The van der Waals surface area contributed by atoms with E-state index >= 15 is 0 Å². The number of nitrogens with zero attached hydrogens (tertiary/aromatic N) is 4. The van der Waals surface area contributed by atoms with Gasteiger partial charge in [-0.25, -0.2) is 44.5 Å². The molecule has 6 aromatic rings. The van der Waals surface area contributed by atoms with Crippen LogP contribution in [0, 0.1) is 11.6 Å². The van der Waals surface area contributed by atoms with Crippen LogP contribution in [0.5, 0.6) is 5.75 Å². The van der Waals surface area contributed by atoms with E-state index in [-0.39, 0.29) is 44.5 Å². The minimum atomic E-state index is -4.26. The summed E-state index contributed by atoms with van der Waals surface area (Å²) in [7, 11) is -2.79. The molecule has 0 aliphatic heterocycles. The fourth-order valence-corrected chi connectivity index (χ4v) is 7.57. The number of carbonyl (C=O) groups is 1. The third-order valence-corrected chi connectivity index (χ3v) is 10.4. The van der Waals surface area contributed by atoms with Crippen LogP contribution in [0.1, 0.15) is 35.5 Å². The van der Waals surface area contributed by atoms with E-state index < -0.39 is 87.6 Å². The fraction of sp³-hybridized carbons (Fsp3) is 0.243. The van der Waals surface area contributed by atoms with Gasteiger partial charge in [0.2, 0.25) is 10.0 Å². The van der Waals surface area contributed by atoms with Crippen molar-refractivity contribution in [2.75, 3.05) is 17.6 Å². The maximum absolute atomic E-state index is 14.5. The Morgan fingerprint density at radius 1 is 1.00 bits per heavy atom. The average molecular weight is 837 g/mol. The lowest BCUT2D eigenvalue weighted by Gasteiger charge is -2.23. The molecule has 20 heteroatoms. The van der Waals surface area contributed by atoms with Gasteiger partial charge >= 0.3 is 6.09 Å². The van der Waals surface area contributed by atoms with Crippen molar-refractivity contribution in [1.29, 1.82) is 0 Å². The molecule has 0 unspecified atom stereocenters. The number of fused-ring (bicyclic) bond motifs is 2. The van der Waals surface area contributed by atoms with Crippen LogP contribution >= 0.6 is 11.6 Å². The highest BCUT2D eigenvalue weighted by Crippen LogP contribution is 2.37. The summed E-state index contributed by atoms with van der Waals surface area (Å²) in [6, 6.07) is 12.6. The van der Waals surface area contributed by atoms with Crippen molar-refractivity contribution in [3.63, 3.8) is 0 Å². The number of aryl methyl sites for hydroxylation is 1. The Kier molecular flexibility index (Phi) is 11.4. The SMILES string of the molecule is COc1ccc(CCS(=O)(=O)Nc2nn(CC(F)F)c3c(-n4c([C@H](Cc5cc(F)cc(F)c5)NC(=O)O)nc5cc(C(C)(F)F)ccc5c4=O)ccc(Cl)c23)cc1. The van der Waals surface area contributed by atoms with Crippen molar-refractivity contribution >= 4 is 55.3 Å². The number of rotatable bonds is 14. The smallest absolute Gasteiger partial charge is 0.405 e. The second-order valence-electron chi connectivity index (χ2n) is 12.9. The number of carboxylic acid groups (broad SMARTS) is 1. The fourth-order valence-electron chi connectivity index (χ4n) is 6.28. The normalized spacial score (nSPS) is 12.7. The maximum atomic E-state index is 14.5. The summed E-state index contributed by atoms with van der Waals surface area (Å²) in [6.07, 6.45) is -5.32. The molecule has 0 spiro atoms. The number of hydrogen-bond donors (Lipinski definition) is 3. The van der Waals surface area contributed by atoms with Gasteiger partial charge in [-0.3, -0.25) is 18.8 Å². The molecule has 0 saturated carbocycles. The summed E-state index contributed by atoms with van der Waals surface area (Å²) in [5.41, 5.74) is -2.03. The molecule has 0 radical (unpaired) electrons. The molecule has 2 heterocycles. The summed E-state index contributed by atoms with van der Waals surface area (Å²) in [5.74, 6) is -6.40. The molecule has 3 N–H and O–H groups in total. The molecule has 1 amide bonds. The van der Waals surface area contributed by atoms with Crippen LogP contribution in [0.2, 0.25) is 5.02 Å². The summed E-state index contributed by atoms with van der Waals surface area (Å²) in [5, 5.41) is 15.4. The van der Waals surface area contributed by atoms with Crippen molar-refractivity contribution in [1.82, 2.24) is 24.6 Å². The van der Waals surface area contributed by atoms with Gasteiger partial charge in [-0.15, -0.1) is 0 Å². The molecule has 2 aromatic heterocycles. The largest absolute Gasteiger partial charge is 0.497 e. The van der Waals surface area contributed by atoms with E-state index in [0.717, 1.165) is 34.9 Å². The van der Waals surface area contributed by atoms with Crippen LogP contribution in [-0.4, -0.2) is 58.2 Å². The Morgan fingerprint density at radius 3 is 2.30 bits per heavy atom. The van der Waals surface area contributed by atoms with Gasteiger partial charge in [0.05, 0.1) is 51.4 Å². The number of benzene rings is 4. The summed E-state index contributed by atoms with van der Waals surface area (Å²) >= 11 is 6.58. The second-order valence-corrected chi connectivity index (χ2v) is 15.2. The first-order valence-corrected chi connectivity index (χ1v) is 18.9. The maximum Gasteiger partial charge on any atom is 0.405 e. The van der Waals surface area contributed by atoms with Gasteiger partial charge in [0.1, 0.15) is 29.8 Å². The van der Waals surface area contributed by atoms with E-state index in [1.807, 2.05) is 0 Å². The second kappa shape index (κ2) is 16.0. The summed E-state index contributed by atoms with van der Waals surface area (Å²) < 4.78 is 122. The molecule has 0 fully saturated rings.